The zero-order valence-electron chi connectivity index (χ0n) is 22.6. The highest BCUT2D eigenvalue weighted by Gasteiger charge is 2.27. The predicted octanol–water partition coefficient (Wildman–Crippen LogP) is 6.04. The lowest BCUT2D eigenvalue weighted by atomic mass is 9.97. The van der Waals surface area contributed by atoms with Gasteiger partial charge >= 0.3 is 10.1 Å². The van der Waals surface area contributed by atoms with Gasteiger partial charge in [-0.15, -0.1) is 0 Å². The van der Waals surface area contributed by atoms with E-state index in [1.165, 1.54) is 5.56 Å². The van der Waals surface area contributed by atoms with Crippen LogP contribution < -0.4 is 8.92 Å². The molecule has 0 radical (unpaired) electrons. The van der Waals surface area contributed by atoms with Gasteiger partial charge in [0.1, 0.15) is 22.6 Å². The molecule has 1 aliphatic heterocycles. The molecule has 8 heteroatoms. The first-order valence-electron chi connectivity index (χ1n) is 13.4. The molecule has 4 rings (SSSR count). The zero-order valence-corrected chi connectivity index (χ0v) is 23.4. The number of aryl methyl sites for hydroxylation is 5. The molecule has 1 atom stereocenters. The minimum atomic E-state index is -4.16. The number of benzene rings is 2. The molecule has 0 saturated carbocycles. The van der Waals surface area contributed by atoms with Crippen LogP contribution in [0.15, 0.2) is 29.2 Å². The van der Waals surface area contributed by atoms with E-state index in [4.69, 9.17) is 13.7 Å². The van der Waals surface area contributed by atoms with E-state index in [0.717, 1.165) is 48.8 Å². The summed E-state index contributed by atoms with van der Waals surface area (Å²) in [6.07, 6.45) is 5.70. The molecule has 37 heavy (non-hydrogen) atoms. The lowest BCUT2D eigenvalue weighted by Gasteiger charge is -2.18. The van der Waals surface area contributed by atoms with Crippen LogP contribution in [0.4, 0.5) is 0 Å². The van der Waals surface area contributed by atoms with Crippen LogP contribution in [-0.4, -0.2) is 37.7 Å². The summed E-state index contributed by atoms with van der Waals surface area (Å²) in [7, 11) is -4.16. The van der Waals surface area contributed by atoms with Gasteiger partial charge in [0.2, 0.25) is 5.88 Å². The summed E-state index contributed by atoms with van der Waals surface area (Å²) in [4.78, 5) is 9.24. The third kappa shape index (κ3) is 6.24. The molecule has 1 saturated heterocycles. The molecule has 1 aliphatic rings. The van der Waals surface area contributed by atoms with Crippen LogP contribution in [0.5, 0.6) is 11.6 Å². The second-order valence-corrected chi connectivity index (χ2v) is 11.3. The second kappa shape index (κ2) is 11.8. The molecule has 0 aliphatic carbocycles. The number of hydrogen-bond donors (Lipinski definition) is 0. The molecule has 200 valence electrons. The Morgan fingerprint density at radius 1 is 0.946 bits per heavy atom. The maximum atomic E-state index is 13.9. The first-order chi connectivity index (χ1) is 17.7. The topological polar surface area (TPSA) is 87.6 Å². The molecule has 1 aromatic heterocycles. The van der Waals surface area contributed by atoms with E-state index in [0.29, 0.717) is 48.5 Å². The Morgan fingerprint density at radius 3 is 2.22 bits per heavy atom. The quantitative estimate of drug-likeness (QED) is 0.282. The Labute approximate surface area is 220 Å². The molecule has 2 aromatic carbocycles. The molecule has 0 amide bonds. The summed E-state index contributed by atoms with van der Waals surface area (Å²) >= 11 is 0. The third-order valence-electron chi connectivity index (χ3n) is 6.57. The molecule has 0 unspecified atom stereocenters. The van der Waals surface area contributed by atoms with Crippen LogP contribution in [0.3, 0.4) is 0 Å². The van der Waals surface area contributed by atoms with E-state index in [-0.39, 0.29) is 16.9 Å². The van der Waals surface area contributed by atoms with Crippen molar-refractivity contribution in [2.75, 3.05) is 13.2 Å². The summed E-state index contributed by atoms with van der Waals surface area (Å²) in [6, 6.07) is 7.74. The molecule has 0 bridgehead atoms. The largest absolute Gasteiger partial charge is 0.488 e. The van der Waals surface area contributed by atoms with Crippen molar-refractivity contribution in [2.45, 2.75) is 90.6 Å². The van der Waals surface area contributed by atoms with E-state index in [1.807, 2.05) is 25.1 Å². The first-order valence-corrected chi connectivity index (χ1v) is 14.8. The number of nitrogens with zero attached hydrogens (tertiary/aromatic N) is 2. The molecule has 7 nitrogen and oxygen atoms in total. The molecule has 1 fully saturated rings. The minimum Gasteiger partial charge on any atom is -0.488 e. The SMILES string of the molecule is CCCc1cc(CCC)c(S(=O)(=O)Oc2nc(C)nc3cc(C)c(O[C@H]4CCOC4)cc23)c(CCC)c1. The Morgan fingerprint density at radius 2 is 1.62 bits per heavy atom. The normalized spacial score (nSPS) is 15.9. The molecular formula is C29H38N2O5S. The average molecular weight is 527 g/mol. The van der Waals surface area contributed by atoms with Crippen molar-refractivity contribution >= 4 is 21.0 Å². The van der Waals surface area contributed by atoms with Gasteiger partial charge < -0.3 is 13.7 Å². The van der Waals surface area contributed by atoms with Gasteiger partial charge in [-0.2, -0.15) is 13.4 Å². The van der Waals surface area contributed by atoms with Gasteiger partial charge in [0.05, 0.1) is 24.1 Å². The summed E-state index contributed by atoms with van der Waals surface area (Å²) in [5.41, 5.74) is 4.32. The van der Waals surface area contributed by atoms with E-state index in [1.54, 1.807) is 13.0 Å². The second-order valence-electron chi connectivity index (χ2n) is 9.84. The van der Waals surface area contributed by atoms with E-state index in [9.17, 15) is 8.42 Å². The third-order valence-corrected chi connectivity index (χ3v) is 7.97. The lowest BCUT2D eigenvalue weighted by Crippen LogP contribution is -2.17. The number of fused-ring (bicyclic) bond motifs is 1. The van der Waals surface area contributed by atoms with Crippen molar-refractivity contribution in [1.29, 1.82) is 0 Å². The Hall–Kier alpha value is -2.71. The smallest absolute Gasteiger partial charge is 0.341 e. The van der Waals surface area contributed by atoms with E-state index < -0.39 is 10.1 Å². The highest BCUT2D eigenvalue weighted by molar-refractivity contribution is 7.87. The fourth-order valence-electron chi connectivity index (χ4n) is 4.96. The van der Waals surface area contributed by atoms with Gasteiger partial charge in [-0.05, 0) is 67.5 Å². The van der Waals surface area contributed by atoms with Crippen molar-refractivity contribution in [1.82, 2.24) is 9.97 Å². The highest BCUT2D eigenvalue weighted by atomic mass is 32.2. The number of rotatable bonds is 11. The molecule has 0 spiro atoms. The fraction of sp³-hybridized carbons (Fsp3) is 0.517. The van der Waals surface area contributed by atoms with Crippen molar-refractivity contribution in [2.24, 2.45) is 0 Å². The van der Waals surface area contributed by atoms with Crippen molar-refractivity contribution in [3.8, 4) is 11.6 Å². The van der Waals surface area contributed by atoms with Crippen molar-refractivity contribution in [3.63, 3.8) is 0 Å². The Balaban J connectivity index is 1.81. The van der Waals surface area contributed by atoms with Gasteiger partial charge in [-0.3, -0.25) is 0 Å². The number of ether oxygens (including phenoxy) is 2. The van der Waals surface area contributed by atoms with Crippen LogP contribution in [0.2, 0.25) is 0 Å². The van der Waals surface area contributed by atoms with Gasteiger partial charge in [-0.1, -0.05) is 52.2 Å². The highest BCUT2D eigenvalue weighted by Crippen LogP contribution is 2.34. The van der Waals surface area contributed by atoms with Crippen molar-refractivity contribution in [3.05, 3.63) is 52.3 Å². The minimum absolute atomic E-state index is 0.0255. The van der Waals surface area contributed by atoms with Gasteiger partial charge in [0.25, 0.3) is 0 Å². The average Bonchev–Trinajstić information content (AvgIpc) is 3.33. The van der Waals surface area contributed by atoms with Gasteiger partial charge in [0.15, 0.2) is 0 Å². The molecule has 0 N–H and O–H groups in total. The summed E-state index contributed by atoms with van der Waals surface area (Å²) in [5, 5.41) is 0.505. The Kier molecular flexibility index (Phi) is 8.70. The van der Waals surface area contributed by atoms with Crippen LogP contribution in [-0.2, 0) is 34.1 Å². The van der Waals surface area contributed by atoms with Crippen molar-refractivity contribution < 1.29 is 22.1 Å². The lowest BCUT2D eigenvalue weighted by molar-refractivity contribution is 0.141. The maximum absolute atomic E-state index is 13.9. The van der Waals surface area contributed by atoms with Crippen LogP contribution in [0.1, 0.15) is 74.5 Å². The molecular weight excluding hydrogens is 488 g/mol. The van der Waals surface area contributed by atoms with Crippen LogP contribution in [0.25, 0.3) is 10.9 Å². The Bertz CT molecular complexity index is 1340. The summed E-state index contributed by atoms with van der Waals surface area (Å²) in [6.45, 7) is 11.1. The monoisotopic (exact) mass is 526 g/mol. The fourth-order valence-corrected chi connectivity index (χ4v) is 6.34. The summed E-state index contributed by atoms with van der Waals surface area (Å²) < 4.78 is 45.3. The van der Waals surface area contributed by atoms with Crippen LogP contribution >= 0.6 is 0 Å². The number of aromatic nitrogens is 2. The van der Waals surface area contributed by atoms with Gasteiger partial charge in [-0.25, -0.2) is 4.98 Å². The predicted molar refractivity (Wildman–Crippen MR) is 145 cm³/mol. The van der Waals surface area contributed by atoms with E-state index >= 15 is 0 Å². The number of hydrogen-bond acceptors (Lipinski definition) is 7. The zero-order chi connectivity index (χ0) is 26.6. The summed E-state index contributed by atoms with van der Waals surface area (Å²) in [5.74, 6) is 1.12. The molecule has 3 aromatic rings. The van der Waals surface area contributed by atoms with Gasteiger partial charge in [0, 0.05) is 6.42 Å². The first kappa shape index (κ1) is 27.3. The van der Waals surface area contributed by atoms with Crippen LogP contribution in [0, 0.1) is 13.8 Å². The van der Waals surface area contributed by atoms with E-state index in [2.05, 4.69) is 30.7 Å². The standard InChI is InChI=1S/C29H38N2O5S/c1-6-9-21-15-22(10-7-2)28(23(16-21)11-8-3)37(32,33)36-29-25-17-27(35-24-12-13-34-18-24)19(4)14-26(25)30-20(5)31-29/h14-17,24H,6-13,18H2,1-5H3/t24-/m0/s1. The molecule has 2 heterocycles. The maximum Gasteiger partial charge on any atom is 0.341 e.